The molecule has 1 aromatic heterocycles. The van der Waals surface area contributed by atoms with Crippen molar-refractivity contribution in [3.63, 3.8) is 0 Å². The minimum Gasteiger partial charge on any atom is -0.253 e. The van der Waals surface area contributed by atoms with Crippen molar-refractivity contribution in [3.05, 3.63) is 40.5 Å². The summed E-state index contributed by atoms with van der Waals surface area (Å²) in [4.78, 5) is 4.45. The van der Waals surface area contributed by atoms with Gasteiger partial charge in [-0.15, -0.1) is 0 Å². The first-order chi connectivity index (χ1) is 6.65. The molecule has 0 aromatic carbocycles. The summed E-state index contributed by atoms with van der Waals surface area (Å²) in [5, 5.41) is 1.95. The zero-order valence-corrected chi connectivity index (χ0v) is 9.12. The Morgan fingerprint density at radius 1 is 1.36 bits per heavy atom. The second kappa shape index (κ2) is 4.75. The van der Waals surface area contributed by atoms with Gasteiger partial charge in [0.15, 0.2) is 0 Å². The zero-order chi connectivity index (χ0) is 10.6. The molecule has 0 aliphatic heterocycles. The summed E-state index contributed by atoms with van der Waals surface area (Å²) < 4.78 is 0. The molecule has 1 heterocycles. The van der Waals surface area contributed by atoms with Gasteiger partial charge in [-0.1, -0.05) is 44.7 Å². The van der Waals surface area contributed by atoms with Crippen LogP contribution < -0.4 is 10.6 Å². The molecule has 0 unspecified atom stereocenters. The van der Waals surface area contributed by atoms with Crippen LogP contribution in [0.4, 0.5) is 0 Å². The molecule has 0 amide bonds. The second-order valence-electron chi connectivity index (χ2n) is 3.62. The van der Waals surface area contributed by atoms with E-state index in [9.17, 15) is 0 Å². The molecule has 0 saturated carbocycles. The highest BCUT2D eigenvalue weighted by Gasteiger charge is 1.98. The predicted molar refractivity (Wildman–Crippen MR) is 62.4 cm³/mol. The lowest BCUT2D eigenvalue weighted by Crippen LogP contribution is -2.27. The molecule has 0 N–H and O–H groups in total. The number of allylic oxidation sites excluding steroid dienone is 2. The van der Waals surface area contributed by atoms with Crippen LogP contribution in [0.15, 0.2) is 24.3 Å². The third kappa shape index (κ3) is 2.56. The lowest BCUT2D eigenvalue weighted by molar-refractivity contribution is 0.815. The smallest absolute Gasteiger partial charge is 0.0633 e. The Labute approximate surface area is 85.5 Å². The Balaban J connectivity index is 3.21. The van der Waals surface area contributed by atoms with Gasteiger partial charge in [-0.25, -0.2) is 0 Å². The fourth-order valence-electron chi connectivity index (χ4n) is 1.20. The van der Waals surface area contributed by atoms with Crippen molar-refractivity contribution in [1.82, 2.24) is 4.98 Å². The molecular formula is C13H17N. The Morgan fingerprint density at radius 3 is 2.57 bits per heavy atom. The zero-order valence-electron chi connectivity index (χ0n) is 9.12. The highest BCUT2D eigenvalue weighted by Crippen LogP contribution is 2.06. The van der Waals surface area contributed by atoms with Crippen molar-refractivity contribution >= 4 is 12.7 Å². The van der Waals surface area contributed by atoms with Crippen LogP contribution in [0.2, 0.25) is 0 Å². The summed E-state index contributed by atoms with van der Waals surface area (Å²) in [6, 6.07) is 4.14. The normalized spacial score (nSPS) is 13.0. The number of nitrogens with zero attached hydrogens (tertiary/aromatic N) is 1. The molecule has 0 aliphatic rings. The van der Waals surface area contributed by atoms with E-state index in [-0.39, 0.29) is 0 Å². The monoisotopic (exact) mass is 187 g/mol. The molecule has 0 fully saturated rings. The molecule has 0 spiro atoms. The summed E-state index contributed by atoms with van der Waals surface area (Å²) in [5.41, 5.74) is 1.10. The van der Waals surface area contributed by atoms with Crippen LogP contribution in [-0.2, 0) is 0 Å². The van der Waals surface area contributed by atoms with Gasteiger partial charge >= 0.3 is 0 Å². The van der Waals surface area contributed by atoms with E-state index in [1.165, 1.54) is 0 Å². The summed E-state index contributed by atoms with van der Waals surface area (Å²) in [6.07, 6.45) is 6.02. The van der Waals surface area contributed by atoms with Crippen molar-refractivity contribution < 1.29 is 0 Å². The molecule has 14 heavy (non-hydrogen) atoms. The summed E-state index contributed by atoms with van der Waals surface area (Å²) in [6.45, 7) is 10.2. The van der Waals surface area contributed by atoms with Gasteiger partial charge in [0.2, 0.25) is 0 Å². The highest BCUT2D eigenvalue weighted by atomic mass is 14.7. The van der Waals surface area contributed by atoms with E-state index in [0.717, 1.165) is 16.3 Å². The maximum Gasteiger partial charge on any atom is 0.0633 e. The molecule has 1 heteroatoms. The van der Waals surface area contributed by atoms with Gasteiger partial charge in [0, 0.05) is 5.69 Å². The fourth-order valence-corrected chi connectivity index (χ4v) is 1.20. The summed E-state index contributed by atoms with van der Waals surface area (Å²) in [7, 11) is 0. The maximum absolute atomic E-state index is 4.45. The summed E-state index contributed by atoms with van der Waals surface area (Å²) in [5.74, 6) is 0.464. The Hall–Kier alpha value is -1.37. The van der Waals surface area contributed by atoms with Crippen molar-refractivity contribution in [3.8, 4) is 0 Å². The predicted octanol–water partition coefficient (Wildman–Crippen LogP) is 1.97. The molecular weight excluding hydrogens is 170 g/mol. The Bertz CT molecular complexity index is 427. The number of hydrogen-bond donors (Lipinski definition) is 0. The molecule has 1 aromatic rings. The molecule has 0 radical (unpaired) electrons. The largest absolute Gasteiger partial charge is 0.253 e. The van der Waals surface area contributed by atoms with Gasteiger partial charge < -0.3 is 0 Å². The van der Waals surface area contributed by atoms with Crippen LogP contribution in [-0.4, -0.2) is 4.98 Å². The van der Waals surface area contributed by atoms with E-state index >= 15 is 0 Å². The maximum atomic E-state index is 4.45. The number of hydrogen-bond acceptors (Lipinski definition) is 1. The first kappa shape index (κ1) is 10.7. The van der Waals surface area contributed by atoms with Crippen LogP contribution in [0.1, 0.15) is 32.4 Å². The van der Waals surface area contributed by atoms with Crippen molar-refractivity contribution in [2.45, 2.75) is 26.7 Å². The topological polar surface area (TPSA) is 12.9 Å². The minimum absolute atomic E-state index is 0.464. The number of pyridine rings is 1. The van der Waals surface area contributed by atoms with Crippen LogP contribution in [0.5, 0.6) is 0 Å². The van der Waals surface area contributed by atoms with Crippen LogP contribution >= 0.6 is 0 Å². The van der Waals surface area contributed by atoms with Gasteiger partial charge in [0.1, 0.15) is 0 Å². The summed E-state index contributed by atoms with van der Waals surface area (Å²) >= 11 is 0. The van der Waals surface area contributed by atoms with E-state index < -0.39 is 0 Å². The minimum atomic E-state index is 0.464. The number of rotatable bonds is 2. The number of aromatic nitrogens is 1. The molecule has 0 saturated heterocycles. The van der Waals surface area contributed by atoms with Crippen molar-refractivity contribution in [2.75, 3.05) is 0 Å². The van der Waals surface area contributed by atoms with Crippen LogP contribution in [0, 0.1) is 0 Å². The van der Waals surface area contributed by atoms with Gasteiger partial charge in [-0.3, -0.25) is 4.98 Å². The van der Waals surface area contributed by atoms with E-state index in [0.29, 0.717) is 5.92 Å². The fraction of sp³-hybridized carbons (Fsp3) is 0.308. The average Bonchev–Trinajstić information content (AvgIpc) is 2.15. The molecule has 74 valence electrons. The SMILES string of the molecule is C=c1nc(C(C)C)cc/c1=C/C=C\C. The van der Waals surface area contributed by atoms with Gasteiger partial charge in [0.25, 0.3) is 0 Å². The van der Waals surface area contributed by atoms with Crippen LogP contribution in [0.25, 0.3) is 12.7 Å². The standard InChI is InChI=1S/C13H17N/c1-5-6-7-12-8-9-13(10(2)3)14-11(12)4/h5-10H,4H2,1-3H3/b6-5-,12-7-. The van der Waals surface area contributed by atoms with Crippen molar-refractivity contribution in [2.24, 2.45) is 0 Å². The Morgan fingerprint density at radius 2 is 2.07 bits per heavy atom. The van der Waals surface area contributed by atoms with Gasteiger partial charge in [0.05, 0.1) is 5.35 Å². The second-order valence-corrected chi connectivity index (χ2v) is 3.62. The van der Waals surface area contributed by atoms with Gasteiger partial charge in [-0.2, -0.15) is 0 Å². The molecule has 0 aliphatic carbocycles. The quantitative estimate of drug-likeness (QED) is 0.690. The molecule has 0 bridgehead atoms. The van der Waals surface area contributed by atoms with Crippen molar-refractivity contribution in [1.29, 1.82) is 0 Å². The van der Waals surface area contributed by atoms with E-state index in [2.05, 4.69) is 37.5 Å². The molecule has 1 rings (SSSR count). The van der Waals surface area contributed by atoms with E-state index in [1.807, 2.05) is 25.2 Å². The van der Waals surface area contributed by atoms with E-state index in [1.54, 1.807) is 0 Å². The molecule has 0 atom stereocenters. The average molecular weight is 187 g/mol. The lowest BCUT2D eigenvalue weighted by Gasteiger charge is -2.02. The van der Waals surface area contributed by atoms with E-state index in [4.69, 9.17) is 0 Å². The first-order valence-corrected chi connectivity index (χ1v) is 4.94. The third-order valence-electron chi connectivity index (χ3n) is 2.09. The lowest BCUT2D eigenvalue weighted by atomic mass is 10.1. The third-order valence-corrected chi connectivity index (χ3v) is 2.09. The highest BCUT2D eigenvalue weighted by molar-refractivity contribution is 5.36. The van der Waals surface area contributed by atoms with Crippen LogP contribution in [0.3, 0.4) is 0 Å². The Kier molecular flexibility index (Phi) is 3.63. The molecule has 1 nitrogen and oxygen atoms in total. The first-order valence-electron chi connectivity index (χ1n) is 4.94. The van der Waals surface area contributed by atoms with Gasteiger partial charge in [-0.05, 0) is 24.1 Å².